The zero-order chi connectivity index (χ0) is 26.0. The van der Waals surface area contributed by atoms with E-state index in [1.807, 2.05) is 13.8 Å². The fraction of sp³-hybridized carbons (Fsp3) is 0.458. The van der Waals surface area contributed by atoms with Crippen LogP contribution in [0.4, 0.5) is 23.1 Å². The number of anilines is 4. The van der Waals surface area contributed by atoms with Crippen LogP contribution in [0.5, 0.6) is 5.75 Å². The lowest BCUT2D eigenvalue weighted by molar-refractivity contribution is 0.243. The van der Waals surface area contributed by atoms with Gasteiger partial charge in [-0.15, -0.1) is 0 Å². The number of aryl methyl sites for hydroxylation is 2. The minimum Gasteiger partial charge on any atom is -0.489 e. The number of nitrogens with one attached hydrogen (secondary N) is 3. The highest BCUT2D eigenvalue weighted by Crippen LogP contribution is 2.37. The molecule has 0 radical (unpaired) electrons. The smallest absolute Gasteiger partial charge is 0.229 e. The maximum absolute atomic E-state index is 12.1. The van der Waals surface area contributed by atoms with E-state index >= 15 is 0 Å². The quantitative estimate of drug-likeness (QED) is 0.388. The van der Waals surface area contributed by atoms with Crippen LogP contribution in [-0.4, -0.2) is 53.6 Å². The number of nitrogens with zero attached hydrogens (tertiary/aromatic N) is 4. The summed E-state index contributed by atoms with van der Waals surface area (Å²) in [5, 5.41) is 13.8. The summed E-state index contributed by atoms with van der Waals surface area (Å²) in [6.45, 7) is 8.10. The molecule has 0 atom stereocenters. The Morgan fingerprint density at radius 2 is 1.92 bits per heavy atom. The summed E-state index contributed by atoms with van der Waals surface area (Å²) >= 11 is 6.33. The molecule has 1 aromatic carbocycles. The van der Waals surface area contributed by atoms with E-state index in [2.05, 4.69) is 50.1 Å². The van der Waals surface area contributed by atoms with Gasteiger partial charge in [0, 0.05) is 19.5 Å². The first kappa shape index (κ1) is 26.2. The summed E-state index contributed by atoms with van der Waals surface area (Å²) in [6, 6.07) is 4.18. The lowest BCUT2D eigenvalue weighted by Gasteiger charge is -2.26. The number of hydrogen-bond acceptors (Lipinski definition) is 9. The fourth-order valence-electron chi connectivity index (χ4n) is 4.32. The average Bonchev–Trinajstić information content (AvgIpc) is 3.18. The normalized spacial score (nSPS) is 14.8. The van der Waals surface area contributed by atoms with Gasteiger partial charge < -0.3 is 20.7 Å². The van der Waals surface area contributed by atoms with Gasteiger partial charge in [-0.05, 0) is 75.9 Å². The van der Waals surface area contributed by atoms with Crippen molar-refractivity contribution in [3.8, 4) is 5.75 Å². The fourth-order valence-corrected chi connectivity index (χ4v) is 5.23. The van der Waals surface area contributed by atoms with Crippen LogP contribution in [0.25, 0.3) is 0 Å². The van der Waals surface area contributed by atoms with Crippen molar-refractivity contribution in [3.05, 3.63) is 40.7 Å². The Morgan fingerprint density at radius 3 is 2.58 bits per heavy atom. The third-order valence-corrected chi connectivity index (χ3v) is 7.18. The van der Waals surface area contributed by atoms with Crippen molar-refractivity contribution in [1.29, 1.82) is 0 Å². The molecule has 1 aliphatic heterocycles. The lowest BCUT2D eigenvalue weighted by atomic mass is 9.87. The molecule has 3 aromatic rings. The molecule has 194 valence electrons. The van der Waals surface area contributed by atoms with Crippen LogP contribution in [0, 0.1) is 6.92 Å². The van der Waals surface area contributed by atoms with Crippen molar-refractivity contribution in [2.24, 2.45) is 7.05 Å². The van der Waals surface area contributed by atoms with E-state index in [0.29, 0.717) is 5.92 Å². The van der Waals surface area contributed by atoms with Crippen LogP contribution in [-0.2, 0) is 16.9 Å². The number of piperidine rings is 1. The molecule has 1 fully saturated rings. The number of ether oxygens (including phenoxy) is 1. The van der Waals surface area contributed by atoms with Crippen LogP contribution >= 0.6 is 11.6 Å². The van der Waals surface area contributed by atoms with Crippen LogP contribution in [0.15, 0.2) is 29.6 Å². The van der Waals surface area contributed by atoms with Gasteiger partial charge in [0.15, 0.2) is 20.7 Å². The van der Waals surface area contributed by atoms with Crippen molar-refractivity contribution in [1.82, 2.24) is 25.1 Å². The molecule has 36 heavy (non-hydrogen) atoms. The molecule has 3 N–H and O–H groups in total. The molecule has 0 amide bonds. The van der Waals surface area contributed by atoms with Crippen molar-refractivity contribution in [3.63, 3.8) is 0 Å². The third-order valence-electron chi connectivity index (χ3n) is 5.90. The summed E-state index contributed by atoms with van der Waals surface area (Å²) in [4.78, 5) is 8.81. The van der Waals surface area contributed by atoms with Gasteiger partial charge >= 0.3 is 0 Å². The van der Waals surface area contributed by atoms with Crippen LogP contribution in [0.2, 0.25) is 5.02 Å². The summed E-state index contributed by atoms with van der Waals surface area (Å²) in [5.41, 5.74) is 3.48. The third kappa shape index (κ3) is 6.08. The summed E-state index contributed by atoms with van der Waals surface area (Å²) < 4.78 is 31.8. The van der Waals surface area contributed by atoms with E-state index in [1.165, 1.54) is 22.0 Å². The van der Waals surface area contributed by atoms with Crippen LogP contribution < -0.4 is 20.7 Å². The highest BCUT2D eigenvalue weighted by molar-refractivity contribution is 7.90. The molecule has 12 heteroatoms. The second-order valence-electron chi connectivity index (χ2n) is 9.33. The highest BCUT2D eigenvalue weighted by atomic mass is 35.5. The first-order chi connectivity index (χ1) is 17.0. The summed E-state index contributed by atoms with van der Waals surface area (Å²) in [7, 11) is -1.92. The van der Waals surface area contributed by atoms with Gasteiger partial charge in [0.05, 0.1) is 23.7 Å². The number of rotatable bonds is 8. The zero-order valence-corrected chi connectivity index (χ0v) is 22.7. The van der Waals surface area contributed by atoms with Crippen molar-refractivity contribution >= 4 is 44.6 Å². The van der Waals surface area contributed by atoms with E-state index in [4.69, 9.17) is 16.3 Å². The first-order valence-electron chi connectivity index (χ1n) is 11.8. The molecule has 0 unspecified atom stereocenters. The second-order valence-corrected chi connectivity index (χ2v) is 11.7. The van der Waals surface area contributed by atoms with Crippen molar-refractivity contribution in [2.75, 3.05) is 30.0 Å². The molecular formula is C24H32ClN7O3S. The van der Waals surface area contributed by atoms with E-state index in [1.54, 1.807) is 13.2 Å². The zero-order valence-electron chi connectivity index (χ0n) is 21.1. The Kier molecular flexibility index (Phi) is 7.72. The number of benzene rings is 1. The predicted octanol–water partition coefficient (Wildman–Crippen LogP) is 4.32. The predicted molar refractivity (Wildman–Crippen MR) is 142 cm³/mol. The highest BCUT2D eigenvalue weighted by Gasteiger charge is 2.22. The van der Waals surface area contributed by atoms with Crippen molar-refractivity contribution in [2.45, 2.75) is 50.7 Å². The summed E-state index contributed by atoms with van der Waals surface area (Å²) in [6.07, 6.45) is 6.27. The molecule has 0 bridgehead atoms. The molecule has 0 saturated carbocycles. The molecule has 10 nitrogen and oxygen atoms in total. The Labute approximate surface area is 216 Å². The number of sulfone groups is 1. The monoisotopic (exact) mass is 533 g/mol. The van der Waals surface area contributed by atoms with Crippen LogP contribution in [0.3, 0.4) is 0 Å². The van der Waals surface area contributed by atoms with Gasteiger partial charge in [0.25, 0.3) is 0 Å². The summed E-state index contributed by atoms with van der Waals surface area (Å²) in [5.74, 6) is 1.75. The average molecular weight is 534 g/mol. The molecule has 2 aromatic heterocycles. The topological polar surface area (TPSA) is 123 Å². The number of hydrogen-bond donors (Lipinski definition) is 3. The van der Waals surface area contributed by atoms with E-state index < -0.39 is 9.84 Å². The minimum absolute atomic E-state index is 0.0162. The minimum atomic E-state index is -3.56. The Morgan fingerprint density at radius 1 is 1.19 bits per heavy atom. The van der Waals surface area contributed by atoms with E-state index in [0.717, 1.165) is 43.6 Å². The maximum Gasteiger partial charge on any atom is 0.229 e. The van der Waals surface area contributed by atoms with E-state index in [-0.39, 0.29) is 33.6 Å². The lowest BCUT2D eigenvalue weighted by Crippen LogP contribution is -2.27. The van der Waals surface area contributed by atoms with Gasteiger partial charge in [-0.2, -0.15) is 10.1 Å². The largest absolute Gasteiger partial charge is 0.489 e. The van der Waals surface area contributed by atoms with Gasteiger partial charge in [-0.1, -0.05) is 11.6 Å². The molecular weight excluding hydrogens is 502 g/mol. The van der Waals surface area contributed by atoms with Crippen LogP contribution in [0.1, 0.15) is 43.7 Å². The number of halogens is 1. The molecule has 0 spiro atoms. The van der Waals surface area contributed by atoms with Gasteiger partial charge in [0.2, 0.25) is 5.95 Å². The molecule has 1 aliphatic rings. The SMILES string of the molecule is Cc1cc(Nc2ncc(Cl)c(Nc3cn(C)nc3S(C)(=O)=O)n2)c(OC(C)C)cc1C1CCNCC1. The number of aromatic nitrogens is 4. The molecule has 3 heterocycles. The first-order valence-corrected chi connectivity index (χ1v) is 14.1. The Bertz CT molecular complexity index is 1350. The Hall–Kier alpha value is -2.89. The van der Waals surface area contributed by atoms with Gasteiger partial charge in [0.1, 0.15) is 10.8 Å². The standard InChI is InChI=1S/C24H32ClN7O3S/c1-14(2)35-21-11-17(16-6-8-26-9-7-16)15(3)10-19(21)29-24-27-12-18(25)22(30-24)28-20-13-32(4)31-23(20)36(5,33)34/h10-14,16,26H,6-9H2,1-5H3,(H2,27,28,29,30). The molecule has 1 saturated heterocycles. The molecule has 4 rings (SSSR count). The molecule has 0 aliphatic carbocycles. The van der Waals surface area contributed by atoms with Gasteiger partial charge in [-0.3, -0.25) is 4.68 Å². The Balaban J connectivity index is 1.65. The second kappa shape index (κ2) is 10.6. The maximum atomic E-state index is 12.1. The van der Waals surface area contributed by atoms with E-state index in [9.17, 15) is 8.42 Å². The van der Waals surface area contributed by atoms with Gasteiger partial charge in [-0.25, -0.2) is 13.4 Å². The van der Waals surface area contributed by atoms with Crippen molar-refractivity contribution < 1.29 is 13.2 Å².